The predicted octanol–water partition coefficient (Wildman–Crippen LogP) is -1.55. The van der Waals surface area contributed by atoms with Gasteiger partial charge >= 0.3 is 57.4 Å². The van der Waals surface area contributed by atoms with Crippen LogP contribution < -0.4 is 51.4 Å². The van der Waals surface area contributed by atoms with Crippen molar-refractivity contribution < 1.29 is 74.3 Å². The number of hydrogen-bond acceptors (Lipinski definition) is 4. The second kappa shape index (κ2) is 5.78. The van der Waals surface area contributed by atoms with Gasteiger partial charge in [0.2, 0.25) is 0 Å². The molecule has 0 unspecified atom stereocenters. The summed E-state index contributed by atoms with van der Waals surface area (Å²) in [7, 11) is -4.49. The summed E-state index contributed by atoms with van der Waals surface area (Å²) in [5.41, 5.74) is 0.107. The fraction of sp³-hybridized carbons (Fsp3) is 0. The van der Waals surface area contributed by atoms with Crippen molar-refractivity contribution in [2.75, 3.05) is 0 Å². The molecule has 0 spiro atoms. The summed E-state index contributed by atoms with van der Waals surface area (Å²) in [4.78, 5) is 10.4. The molecule has 0 atom stereocenters. The maximum atomic E-state index is 10.8. The van der Waals surface area contributed by atoms with Crippen LogP contribution in [-0.2, 0) is 10.1 Å². The number of rotatable bonds is 2. The van der Waals surface area contributed by atoms with Gasteiger partial charge in [0.05, 0.1) is 10.5 Å². The molecule has 0 aliphatic carbocycles. The van der Waals surface area contributed by atoms with Gasteiger partial charge in [0, 0.05) is 0 Å². The molecule has 0 saturated carbocycles. The first-order valence-corrected chi connectivity index (χ1v) is 6.02. The summed E-state index contributed by atoms with van der Waals surface area (Å²) in [6.07, 6.45) is 0. The molecular weight excluding hydrogens is 283 g/mol. The molecule has 2 aromatic carbocycles. The summed E-state index contributed by atoms with van der Waals surface area (Å²) < 4.78 is 32.4. The van der Waals surface area contributed by atoms with Crippen LogP contribution in [0.15, 0.2) is 41.3 Å². The third-order valence-electron chi connectivity index (χ3n) is 2.35. The normalized spacial score (nSPS) is 10.9. The van der Waals surface area contributed by atoms with Gasteiger partial charge in [0.15, 0.2) is 0 Å². The van der Waals surface area contributed by atoms with Crippen molar-refractivity contribution in [3.05, 3.63) is 42.0 Å². The minimum Gasteiger partial charge on any atom is -0.744 e. The average molecular weight is 290 g/mol. The van der Waals surface area contributed by atoms with Gasteiger partial charge in [-0.15, -0.1) is 0 Å². The first-order chi connectivity index (χ1) is 7.88. The molecule has 88 valence electrons. The Bertz CT molecular complexity index is 708. The third kappa shape index (κ3) is 3.38. The Morgan fingerprint density at radius 1 is 1.06 bits per heavy atom. The van der Waals surface area contributed by atoms with Gasteiger partial charge in [-0.3, -0.25) is 0 Å². The molecule has 18 heavy (non-hydrogen) atoms. The molecule has 0 saturated heterocycles. The molecule has 0 aliphatic heterocycles. The van der Waals surface area contributed by atoms with Crippen molar-refractivity contribution in [2.45, 2.75) is 4.90 Å². The molecule has 0 aliphatic rings. The zero-order chi connectivity index (χ0) is 12.6. The topological polar surface area (TPSA) is 94.5 Å². The summed E-state index contributed by atoms with van der Waals surface area (Å²) in [5, 5.41) is 9.86. The number of carbonyl (C=O) groups is 1. The number of aromatic carboxylic acids is 1. The molecule has 0 amide bonds. The van der Waals surface area contributed by atoms with E-state index in [4.69, 9.17) is 5.11 Å². The molecule has 0 fully saturated rings. The number of carboxylic acids is 1. The van der Waals surface area contributed by atoms with Crippen molar-refractivity contribution in [1.29, 1.82) is 0 Å². The average Bonchev–Trinajstić information content (AvgIpc) is 2.26. The second-order valence-electron chi connectivity index (χ2n) is 3.48. The maximum absolute atomic E-state index is 10.8. The summed E-state index contributed by atoms with van der Waals surface area (Å²) in [6, 6.07) is 8.03. The number of hydrogen-bond donors (Lipinski definition) is 1. The van der Waals surface area contributed by atoms with Crippen LogP contribution in [0.5, 0.6) is 0 Å². The Morgan fingerprint density at radius 2 is 1.61 bits per heavy atom. The Balaban J connectivity index is 0.00000162. The first kappa shape index (κ1) is 15.8. The summed E-state index contributed by atoms with van der Waals surface area (Å²) >= 11 is 0. The van der Waals surface area contributed by atoms with E-state index >= 15 is 0 Å². The van der Waals surface area contributed by atoms with Crippen LogP contribution in [0.1, 0.15) is 10.4 Å². The minimum atomic E-state index is -4.49. The van der Waals surface area contributed by atoms with Crippen LogP contribution in [0.3, 0.4) is 0 Å². The van der Waals surface area contributed by atoms with Crippen molar-refractivity contribution in [2.24, 2.45) is 0 Å². The van der Waals surface area contributed by atoms with E-state index in [2.05, 4.69) is 0 Å². The Labute approximate surface area is 146 Å². The number of benzene rings is 2. The van der Waals surface area contributed by atoms with Gasteiger partial charge in [0.25, 0.3) is 0 Å². The van der Waals surface area contributed by atoms with E-state index in [0.717, 1.165) is 6.07 Å². The van der Waals surface area contributed by atoms with Gasteiger partial charge in [-0.1, -0.05) is 12.1 Å². The molecule has 5 nitrogen and oxygen atoms in total. The van der Waals surface area contributed by atoms with Crippen molar-refractivity contribution in [3.8, 4) is 0 Å². The minimum absolute atomic E-state index is 0. The summed E-state index contributed by atoms with van der Waals surface area (Å²) in [5.74, 6) is -1.06. The fourth-order valence-electron chi connectivity index (χ4n) is 1.51. The quantitative estimate of drug-likeness (QED) is 0.533. The van der Waals surface area contributed by atoms with E-state index in [9.17, 15) is 17.8 Å². The van der Waals surface area contributed by atoms with Gasteiger partial charge < -0.3 is 9.66 Å². The van der Waals surface area contributed by atoms with Gasteiger partial charge in [-0.05, 0) is 35.0 Å². The van der Waals surface area contributed by atoms with Crippen LogP contribution >= 0.6 is 0 Å². The van der Waals surface area contributed by atoms with Crippen molar-refractivity contribution in [3.63, 3.8) is 0 Å². The van der Waals surface area contributed by atoms with Gasteiger partial charge in [-0.2, -0.15) is 0 Å². The Morgan fingerprint density at radius 3 is 2.17 bits per heavy atom. The van der Waals surface area contributed by atoms with E-state index in [1.165, 1.54) is 30.3 Å². The van der Waals surface area contributed by atoms with E-state index in [1.807, 2.05) is 0 Å². The third-order valence-corrected chi connectivity index (χ3v) is 3.18. The van der Waals surface area contributed by atoms with E-state index in [-0.39, 0.29) is 61.8 Å². The smallest absolute Gasteiger partial charge is 0.744 e. The molecular formula is C11H7KO5S. The van der Waals surface area contributed by atoms with Gasteiger partial charge in [0.1, 0.15) is 10.1 Å². The van der Waals surface area contributed by atoms with Crippen LogP contribution in [0.25, 0.3) is 10.8 Å². The fourth-order valence-corrected chi connectivity index (χ4v) is 2.02. The maximum Gasteiger partial charge on any atom is 1.00 e. The number of carboxylic acid groups (broad SMARTS) is 1. The van der Waals surface area contributed by atoms with Crippen LogP contribution in [-0.4, -0.2) is 24.0 Å². The van der Waals surface area contributed by atoms with Crippen molar-refractivity contribution >= 4 is 26.9 Å². The molecule has 1 N–H and O–H groups in total. The van der Waals surface area contributed by atoms with Crippen LogP contribution in [0.4, 0.5) is 0 Å². The van der Waals surface area contributed by atoms with Crippen molar-refractivity contribution in [1.82, 2.24) is 0 Å². The molecule has 0 bridgehead atoms. The van der Waals surface area contributed by atoms with E-state index in [1.54, 1.807) is 0 Å². The standard InChI is InChI=1S/C11H8O5S.K/c12-11(13)9-2-1-8-6-10(17(14,15)16)4-3-7(8)5-9;/h1-6H,(H,12,13)(H,14,15,16);/q;+1/p-1. The molecule has 2 aromatic rings. The largest absolute Gasteiger partial charge is 1.00 e. The zero-order valence-electron chi connectivity index (χ0n) is 9.45. The predicted molar refractivity (Wildman–Crippen MR) is 58.9 cm³/mol. The SMILES string of the molecule is O=C(O)c1ccc2cc(S(=O)(=O)[O-])ccc2c1.[K+]. The molecule has 0 radical (unpaired) electrons. The molecule has 0 aromatic heterocycles. The zero-order valence-corrected chi connectivity index (χ0v) is 13.4. The first-order valence-electron chi connectivity index (χ1n) is 4.61. The Kier molecular flexibility index (Phi) is 5.07. The van der Waals surface area contributed by atoms with E-state index in [0.29, 0.717) is 10.8 Å². The van der Waals surface area contributed by atoms with Gasteiger partial charge in [-0.25, -0.2) is 13.2 Å². The van der Waals surface area contributed by atoms with E-state index < -0.39 is 16.1 Å². The molecule has 0 heterocycles. The van der Waals surface area contributed by atoms with Crippen LogP contribution in [0.2, 0.25) is 0 Å². The summed E-state index contributed by atoms with van der Waals surface area (Å²) in [6.45, 7) is 0. The molecule has 2 rings (SSSR count). The number of fused-ring (bicyclic) bond motifs is 1. The second-order valence-corrected chi connectivity index (χ2v) is 4.86. The Hall–Kier alpha value is -0.284. The monoisotopic (exact) mass is 290 g/mol. The van der Waals surface area contributed by atoms with Crippen LogP contribution in [0, 0.1) is 0 Å². The molecule has 7 heteroatoms.